The average Bonchev–Trinajstić information content (AvgIpc) is 3.54. The number of aliphatic carboxylic acids is 1. The summed E-state index contributed by atoms with van der Waals surface area (Å²) in [5, 5.41) is 12.6. The molecule has 0 unspecified atom stereocenters. The maximum Gasteiger partial charge on any atom is 0.416 e. The van der Waals surface area contributed by atoms with Gasteiger partial charge in [0.05, 0.1) is 18.4 Å². The first-order valence-corrected chi connectivity index (χ1v) is 13.9. The molecule has 1 aromatic heterocycles. The van der Waals surface area contributed by atoms with Crippen LogP contribution in [0.3, 0.4) is 0 Å². The number of carboxylic acid groups (broad SMARTS) is 1. The molecule has 4 aromatic carbocycles. The molecule has 2 N–H and O–H groups in total. The number of carbonyl (C=O) groups is 2. The highest BCUT2D eigenvalue weighted by molar-refractivity contribution is 5.97. The molecule has 5 aromatic rings. The molecule has 0 bridgehead atoms. The fourth-order valence-electron chi connectivity index (χ4n) is 4.85. The lowest BCUT2D eigenvalue weighted by Crippen LogP contribution is -2.48. The number of hydrogen-bond acceptors (Lipinski definition) is 4. The maximum absolute atomic E-state index is 13.1. The monoisotopic (exact) mass is 598 g/mol. The standard InChI is InChI=1S/C35H29F3N2O4/c36-35(37,38)30-18-16-28(17-19-30)27-12-14-29(15-13-27)33(41)39-32(34(42)43)23-40(22-31-7-4-20-44-31)21-24-8-10-26(11-9-24)25-5-2-1-3-6-25/h1-20,32H,21-23H2,(H,39,41)(H,42,43)/t32-/m0/s1. The summed E-state index contributed by atoms with van der Waals surface area (Å²) in [7, 11) is 0. The number of benzene rings is 4. The number of hydrogen-bond donors (Lipinski definition) is 2. The van der Waals surface area contributed by atoms with Crippen LogP contribution in [0.15, 0.2) is 126 Å². The van der Waals surface area contributed by atoms with Crippen molar-refractivity contribution in [1.29, 1.82) is 0 Å². The maximum atomic E-state index is 13.1. The van der Waals surface area contributed by atoms with Gasteiger partial charge in [-0.05, 0) is 64.2 Å². The summed E-state index contributed by atoms with van der Waals surface area (Å²) in [4.78, 5) is 27.2. The highest BCUT2D eigenvalue weighted by atomic mass is 19.4. The van der Waals surface area contributed by atoms with E-state index in [9.17, 15) is 27.9 Å². The van der Waals surface area contributed by atoms with Crippen molar-refractivity contribution in [3.8, 4) is 22.3 Å². The highest BCUT2D eigenvalue weighted by Gasteiger charge is 2.30. The molecule has 5 rings (SSSR count). The Bertz CT molecular complexity index is 1670. The number of nitrogens with zero attached hydrogens (tertiary/aromatic N) is 1. The third kappa shape index (κ3) is 7.81. The summed E-state index contributed by atoms with van der Waals surface area (Å²) in [6, 6.07) is 31.3. The van der Waals surface area contributed by atoms with Gasteiger partial charge in [-0.25, -0.2) is 4.79 Å². The molecule has 0 spiro atoms. The lowest BCUT2D eigenvalue weighted by Gasteiger charge is -2.25. The number of carboxylic acids is 1. The Hall–Kier alpha value is -5.15. The van der Waals surface area contributed by atoms with Crippen LogP contribution in [0.1, 0.15) is 27.2 Å². The molecule has 1 amide bonds. The van der Waals surface area contributed by atoms with Gasteiger partial charge in [0.15, 0.2) is 0 Å². The van der Waals surface area contributed by atoms with Gasteiger partial charge in [-0.15, -0.1) is 0 Å². The largest absolute Gasteiger partial charge is 0.480 e. The molecular weight excluding hydrogens is 569 g/mol. The Balaban J connectivity index is 1.27. The molecule has 0 radical (unpaired) electrons. The van der Waals surface area contributed by atoms with E-state index in [-0.39, 0.29) is 12.1 Å². The first-order chi connectivity index (χ1) is 21.2. The molecule has 0 saturated carbocycles. The number of alkyl halides is 3. The van der Waals surface area contributed by atoms with Gasteiger partial charge in [0, 0.05) is 18.7 Å². The van der Waals surface area contributed by atoms with Gasteiger partial charge in [-0.2, -0.15) is 13.2 Å². The lowest BCUT2D eigenvalue weighted by molar-refractivity contribution is -0.140. The first-order valence-electron chi connectivity index (χ1n) is 13.9. The van der Waals surface area contributed by atoms with E-state index in [4.69, 9.17) is 4.42 Å². The van der Waals surface area contributed by atoms with Crippen LogP contribution in [0.4, 0.5) is 13.2 Å². The summed E-state index contributed by atoms with van der Waals surface area (Å²) >= 11 is 0. The zero-order valence-electron chi connectivity index (χ0n) is 23.5. The van der Waals surface area contributed by atoms with E-state index in [1.165, 1.54) is 24.3 Å². The number of furan rings is 1. The second-order valence-electron chi connectivity index (χ2n) is 10.3. The molecule has 0 fully saturated rings. The summed E-state index contributed by atoms with van der Waals surface area (Å²) in [5.74, 6) is -1.12. The van der Waals surface area contributed by atoms with Crippen LogP contribution in [-0.2, 0) is 24.1 Å². The molecule has 44 heavy (non-hydrogen) atoms. The van der Waals surface area contributed by atoms with Crippen molar-refractivity contribution >= 4 is 11.9 Å². The van der Waals surface area contributed by atoms with Gasteiger partial charge >= 0.3 is 12.1 Å². The molecule has 1 atom stereocenters. The SMILES string of the molecule is O=C(N[C@@H](CN(Cc1ccc(-c2ccccc2)cc1)Cc1ccco1)C(=O)O)c1ccc(-c2ccc(C(F)(F)F)cc2)cc1. The van der Waals surface area contributed by atoms with Gasteiger partial charge in [0.2, 0.25) is 0 Å². The second-order valence-corrected chi connectivity index (χ2v) is 10.3. The van der Waals surface area contributed by atoms with Gasteiger partial charge in [0.25, 0.3) is 5.91 Å². The number of carbonyl (C=O) groups excluding carboxylic acids is 1. The van der Waals surface area contributed by atoms with Crippen LogP contribution in [0.25, 0.3) is 22.3 Å². The zero-order chi connectivity index (χ0) is 31.1. The van der Waals surface area contributed by atoms with E-state index >= 15 is 0 Å². The van der Waals surface area contributed by atoms with Gasteiger partial charge in [-0.1, -0.05) is 78.9 Å². The van der Waals surface area contributed by atoms with E-state index in [1.54, 1.807) is 30.5 Å². The summed E-state index contributed by atoms with van der Waals surface area (Å²) in [6.45, 7) is 0.748. The minimum absolute atomic E-state index is 0.00580. The number of rotatable bonds is 11. The number of nitrogens with one attached hydrogen (secondary N) is 1. The highest BCUT2D eigenvalue weighted by Crippen LogP contribution is 2.31. The van der Waals surface area contributed by atoms with Gasteiger partial charge in [0.1, 0.15) is 11.8 Å². The molecular formula is C35H29F3N2O4. The fourth-order valence-corrected chi connectivity index (χ4v) is 4.85. The minimum atomic E-state index is -4.43. The molecule has 1 heterocycles. The molecule has 0 aliphatic heterocycles. The van der Waals surface area contributed by atoms with Crippen LogP contribution >= 0.6 is 0 Å². The summed E-state index contributed by atoms with van der Waals surface area (Å²) < 4.78 is 44.2. The van der Waals surface area contributed by atoms with Crippen molar-refractivity contribution in [3.63, 3.8) is 0 Å². The van der Waals surface area contributed by atoms with E-state index in [0.29, 0.717) is 30.0 Å². The minimum Gasteiger partial charge on any atom is -0.480 e. The van der Waals surface area contributed by atoms with Crippen LogP contribution in [0, 0.1) is 0 Å². The second kappa shape index (κ2) is 13.4. The Morgan fingerprint density at radius 3 is 1.84 bits per heavy atom. The molecule has 0 aliphatic carbocycles. The first kappa shape index (κ1) is 30.3. The molecule has 224 valence electrons. The quantitative estimate of drug-likeness (QED) is 0.164. The van der Waals surface area contributed by atoms with Crippen LogP contribution < -0.4 is 5.32 Å². The molecule has 9 heteroatoms. The number of halogens is 3. The van der Waals surface area contributed by atoms with Crippen LogP contribution in [0.2, 0.25) is 0 Å². The Morgan fingerprint density at radius 2 is 1.30 bits per heavy atom. The van der Waals surface area contributed by atoms with E-state index in [0.717, 1.165) is 28.8 Å². The predicted octanol–water partition coefficient (Wildman–Crippen LogP) is 7.52. The van der Waals surface area contributed by atoms with Crippen molar-refractivity contribution in [3.05, 3.63) is 144 Å². The summed E-state index contributed by atoms with van der Waals surface area (Å²) in [6.07, 6.45) is -2.88. The van der Waals surface area contributed by atoms with Crippen molar-refractivity contribution in [2.45, 2.75) is 25.3 Å². The normalized spacial score (nSPS) is 12.2. The smallest absolute Gasteiger partial charge is 0.416 e. The molecule has 6 nitrogen and oxygen atoms in total. The third-order valence-corrected chi connectivity index (χ3v) is 7.16. The van der Waals surface area contributed by atoms with Crippen LogP contribution in [-0.4, -0.2) is 34.5 Å². The third-order valence-electron chi connectivity index (χ3n) is 7.16. The average molecular weight is 599 g/mol. The lowest BCUT2D eigenvalue weighted by atomic mass is 10.0. The van der Waals surface area contributed by atoms with E-state index in [2.05, 4.69) is 5.32 Å². The van der Waals surface area contributed by atoms with Crippen molar-refractivity contribution < 1.29 is 32.3 Å². The van der Waals surface area contributed by atoms with E-state index in [1.807, 2.05) is 59.5 Å². The molecule has 0 saturated heterocycles. The van der Waals surface area contributed by atoms with Crippen LogP contribution in [0.5, 0.6) is 0 Å². The van der Waals surface area contributed by atoms with Crippen molar-refractivity contribution in [1.82, 2.24) is 10.2 Å². The van der Waals surface area contributed by atoms with Gasteiger partial charge in [-0.3, -0.25) is 9.69 Å². The predicted molar refractivity (Wildman–Crippen MR) is 160 cm³/mol. The Labute approximate surface area is 252 Å². The van der Waals surface area contributed by atoms with E-state index < -0.39 is 29.7 Å². The fraction of sp³-hybridized carbons (Fsp3) is 0.143. The number of amides is 1. The Kier molecular flexibility index (Phi) is 9.26. The topological polar surface area (TPSA) is 82.8 Å². The summed E-state index contributed by atoms with van der Waals surface area (Å²) in [5.41, 5.74) is 3.76. The van der Waals surface area contributed by atoms with Gasteiger partial charge < -0.3 is 14.8 Å². The molecule has 0 aliphatic rings. The zero-order valence-corrected chi connectivity index (χ0v) is 23.5. The Morgan fingerprint density at radius 1 is 0.727 bits per heavy atom. The van der Waals surface area contributed by atoms with Crippen molar-refractivity contribution in [2.75, 3.05) is 6.54 Å². The van der Waals surface area contributed by atoms with Crippen molar-refractivity contribution in [2.24, 2.45) is 0 Å².